The third kappa shape index (κ3) is 7.85. The molecule has 0 saturated heterocycles. The summed E-state index contributed by atoms with van der Waals surface area (Å²) in [6.07, 6.45) is 8.66. The van der Waals surface area contributed by atoms with Crippen LogP contribution in [0.1, 0.15) is 53.4 Å². The monoisotopic (exact) mass is 939 g/mol. The van der Waals surface area contributed by atoms with Gasteiger partial charge in [-0.05, 0) is 82.9 Å². The van der Waals surface area contributed by atoms with Gasteiger partial charge in [0.2, 0.25) is 0 Å². The van der Waals surface area contributed by atoms with Crippen molar-refractivity contribution in [3.63, 3.8) is 0 Å². The Morgan fingerprint density at radius 1 is 0.586 bits per heavy atom. The van der Waals surface area contributed by atoms with Gasteiger partial charge in [0.15, 0.2) is 5.78 Å². The van der Waals surface area contributed by atoms with Crippen molar-refractivity contribution >= 4 is 71.6 Å². The number of hydrogen-bond acceptors (Lipinski definition) is 6. The Morgan fingerprint density at radius 3 is 1.47 bits per heavy atom. The number of allylic oxidation sites excluding steroid dienone is 2. The third-order valence-electron chi connectivity index (χ3n) is 11.3. The molecular weight excluding hydrogens is 893 g/mol. The number of anilines is 4. The van der Waals surface area contributed by atoms with Gasteiger partial charge in [-0.1, -0.05) is 122 Å². The number of ketones is 1. The minimum Gasteiger partial charge on any atom is -0.512 e. The average Bonchev–Trinajstić information content (AvgIpc) is 3.24. The number of carbonyl (C=O) groups excluding carboxylic acids is 1. The fourth-order valence-electron chi connectivity index (χ4n) is 8.02. The van der Waals surface area contributed by atoms with Gasteiger partial charge in [0.25, 0.3) is 0 Å². The van der Waals surface area contributed by atoms with Gasteiger partial charge in [0.05, 0.1) is 5.76 Å². The van der Waals surface area contributed by atoms with E-state index in [1.165, 1.54) is 38.4 Å². The molecule has 4 heterocycles. The normalized spacial score (nSPS) is 12.1. The van der Waals surface area contributed by atoms with Gasteiger partial charge in [0.1, 0.15) is 0 Å². The second-order valence-corrected chi connectivity index (χ2v) is 14.7. The number of pyridine rings is 2. The van der Waals surface area contributed by atoms with Crippen molar-refractivity contribution in [3.8, 4) is 22.5 Å². The summed E-state index contributed by atoms with van der Waals surface area (Å²) in [5.74, 6) is 0.547. The van der Waals surface area contributed by atoms with E-state index in [1.54, 1.807) is 0 Å². The van der Waals surface area contributed by atoms with Crippen LogP contribution in [0.4, 0.5) is 22.7 Å². The number of aromatic nitrogens is 2. The number of fused-ring (bicyclic) bond motifs is 6. The Hall–Kier alpha value is -5.88. The predicted octanol–water partition coefficient (Wildman–Crippen LogP) is 13.7. The summed E-state index contributed by atoms with van der Waals surface area (Å²) in [5, 5.41) is 26.2. The molecule has 2 aromatic heterocycles. The summed E-state index contributed by atoms with van der Waals surface area (Å²) in [6.45, 7) is 8.07. The van der Waals surface area contributed by atoms with Gasteiger partial charge in [-0.2, -0.15) is 0 Å². The van der Waals surface area contributed by atoms with Crippen LogP contribution in [0.15, 0.2) is 133 Å². The van der Waals surface area contributed by atoms with Gasteiger partial charge >= 0.3 is 0 Å². The molecule has 3 N–H and O–H groups in total. The number of nitrogens with one attached hydrogen (secondary N) is 2. The number of carbonyl (C=O) groups is 1. The molecule has 0 spiro atoms. The summed E-state index contributed by atoms with van der Waals surface area (Å²) in [5.41, 5.74) is 8.53. The van der Waals surface area contributed by atoms with Crippen LogP contribution in [-0.4, -0.2) is 20.9 Å². The van der Waals surface area contributed by atoms with Crippen molar-refractivity contribution < 1.29 is 30.0 Å². The van der Waals surface area contributed by atoms with Crippen molar-refractivity contribution in [1.29, 1.82) is 0 Å². The summed E-state index contributed by atoms with van der Waals surface area (Å²) in [6, 6.07) is 44.7. The maximum Gasteiger partial charge on any atom is 0.162 e. The van der Waals surface area contributed by atoms with E-state index in [1.807, 2.05) is 52.2 Å². The molecule has 10 rings (SSSR count). The molecule has 0 saturated carbocycles. The van der Waals surface area contributed by atoms with Gasteiger partial charge in [-0.15, -0.1) is 35.0 Å². The van der Waals surface area contributed by atoms with Crippen LogP contribution < -0.4 is 10.6 Å². The Labute approximate surface area is 353 Å². The molecule has 0 unspecified atom stereocenters. The molecule has 0 atom stereocenters. The molecule has 2 aliphatic rings. The number of nitrogens with zero attached hydrogens (tertiary/aromatic N) is 2. The van der Waals surface area contributed by atoms with Crippen molar-refractivity contribution in [2.45, 2.75) is 53.4 Å². The Kier molecular flexibility index (Phi) is 12.3. The van der Waals surface area contributed by atoms with Crippen molar-refractivity contribution in [2.24, 2.45) is 11.8 Å². The second-order valence-electron chi connectivity index (χ2n) is 14.7. The number of aliphatic hydroxyl groups is 1. The van der Waals surface area contributed by atoms with Crippen LogP contribution in [0.2, 0.25) is 0 Å². The SMILES string of the molecule is CCC(CC)C(=O)/C=C(\O)C(CC)CC.[Ir].[c-]1c2c(cc3ccccc13)Nc1cccc3ccnc-2c13.[c-]1c2c(cc3ccccc13)Nc1cccc3ccnc-2c13. The number of benzene rings is 6. The molecule has 0 aliphatic carbocycles. The Bertz CT molecular complexity index is 2630. The summed E-state index contributed by atoms with van der Waals surface area (Å²) >= 11 is 0. The van der Waals surface area contributed by atoms with Crippen molar-refractivity contribution in [1.82, 2.24) is 9.97 Å². The van der Waals surface area contributed by atoms with Crippen LogP contribution in [0, 0.1) is 24.0 Å². The molecule has 2 aliphatic heterocycles. The van der Waals surface area contributed by atoms with E-state index in [-0.39, 0.29) is 43.5 Å². The zero-order valence-corrected chi connectivity index (χ0v) is 35.6. The fraction of sp³-hybridized carbons (Fsp3) is 0.196. The number of hydrogen-bond donors (Lipinski definition) is 3. The zero-order valence-electron chi connectivity index (χ0n) is 33.2. The quantitative estimate of drug-likeness (QED) is 0.0838. The molecule has 293 valence electrons. The molecule has 58 heavy (non-hydrogen) atoms. The fourth-order valence-corrected chi connectivity index (χ4v) is 8.02. The zero-order chi connectivity index (χ0) is 39.5. The molecule has 0 amide bonds. The first-order valence-corrected chi connectivity index (χ1v) is 20.0. The summed E-state index contributed by atoms with van der Waals surface area (Å²) in [7, 11) is 0. The van der Waals surface area contributed by atoms with Gasteiger partial charge in [-0.25, -0.2) is 0 Å². The Balaban J connectivity index is 0.000000134. The molecule has 0 bridgehead atoms. The first kappa shape index (κ1) is 40.3. The van der Waals surface area contributed by atoms with Crippen LogP contribution in [0.25, 0.3) is 65.6 Å². The molecule has 7 heteroatoms. The van der Waals surface area contributed by atoms with E-state index >= 15 is 0 Å². The Morgan fingerprint density at radius 2 is 1.02 bits per heavy atom. The maximum absolute atomic E-state index is 11.7. The molecule has 0 fully saturated rings. The summed E-state index contributed by atoms with van der Waals surface area (Å²) < 4.78 is 0. The third-order valence-corrected chi connectivity index (χ3v) is 11.3. The average molecular weight is 939 g/mol. The molecule has 6 nitrogen and oxygen atoms in total. The molecule has 8 aromatic rings. The van der Waals surface area contributed by atoms with Crippen LogP contribution in [0.3, 0.4) is 0 Å². The standard InChI is InChI=1S/2C19H11N2.C13H24O2.Ir/c2*1-2-5-14-11-17-15(10-13(14)4-1)19-18-12(8-9-20-19)6-3-7-16(18)21-17;1-5-10(6-2)12(14)9-13(15)11(7-3)8-4;/h2*1-9,11,21H;9-11,14H,5-8H2,1-4H3;/q2*-1;;/b;;12-9-;. The largest absolute Gasteiger partial charge is 0.512 e. The first-order valence-electron chi connectivity index (χ1n) is 20.0. The van der Waals surface area contributed by atoms with Gasteiger partial charge < -0.3 is 15.7 Å². The van der Waals surface area contributed by atoms with Crippen molar-refractivity contribution in [3.05, 3.63) is 146 Å². The van der Waals surface area contributed by atoms with E-state index < -0.39 is 0 Å². The maximum atomic E-state index is 11.7. The van der Waals surface area contributed by atoms with E-state index in [2.05, 4.69) is 130 Å². The van der Waals surface area contributed by atoms with Crippen LogP contribution in [-0.2, 0) is 24.9 Å². The smallest absolute Gasteiger partial charge is 0.162 e. The van der Waals surface area contributed by atoms with Crippen LogP contribution >= 0.6 is 0 Å². The van der Waals surface area contributed by atoms with E-state index in [9.17, 15) is 9.90 Å². The second kappa shape index (κ2) is 17.7. The van der Waals surface area contributed by atoms with Crippen LogP contribution in [0.5, 0.6) is 0 Å². The molecule has 6 aromatic carbocycles. The van der Waals surface area contributed by atoms with E-state index in [0.717, 1.165) is 81.7 Å². The van der Waals surface area contributed by atoms with Crippen molar-refractivity contribution in [2.75, 3.05) is 10.6 Å². The number of aliphatic hydroxyl groups excluding tert-OH is 1. The van der Waals surface area contributed by atoms with E-state index in [4.69, 9.17) is 0 Å². The molecule has 1 radical (unpaired) electrons. The molecular formula is C51H46IrN4O2-2. The van der Waals surface area contributed by atoms with Gasteiger partial charge in [-0.3, -0.25) is 14.8 Å². The minimum atomic E-state index is 0. The topological polar surface area (TPSA) is 87.1 Å². The van der Waals surface area contributed by atoms with Gasteiger partial charge in [0, 0.05) is 73.2 Å². The first-order chi connectivity index (χ1) is 27.9. The number of rotatable bonds is 7. The minimum absolute atomic E-state index is 0. The summed E-state index contributed by atoms with van der Waals surface area (Å²) in [4.78, 5) is 20.9. The predicted molar refractivity (Wildman–Crippen MR) is 237 cm³/mol. The van der Waals surface area contributed by atoms with E-state index in [0.29, 0.717) is 0 Å².